The SMILES string of the molecule is CC(F)(F)CNc1ccc(CC(=O)O)cc1. The minimum absolute atomic E-state index is 0.0653. The maximum atomic E-state index is 12.5. The standard InChI is InChI=1S/C11H13F2NO2/c1-11(12,13)7-14-9-4-2-8(3-5-9)6-10(15)16/h2-5,14H,6-7H2,1H3,(H,15,16). The minimum Gasteiger partial charge on any atom is -0.481 e. The molecule has 3 nitrogen and oxygen atoms in total. The van der Waals surface area contributed by atoms with E-state index in [1.165, 1.54) is 0 Å². The van der Waals surface area contributed by atoms with Gasteiger partial charge in [-0.05, 0) is 17.7 Å². The second-order valence-corrected chi connectivity index (χ2v) is 3.69. The zero-order chi connectivity index (χ0) is 12.2. The lowest BCUT2D eigenvalue weighted by Gasteiger charge is -2.12. The van der Waals surface area contributed by atoms with Crippen LogP contribution in [0.4, 0.5) is 14.5 Å². The zero-order valence-corrected chi connectivity index (χ0v) is 8.84. The van der Waals surface area contributed by atoms with E-state index in [-0.39, 0.29) is 6.42 Å². The number of alkyl halides is 2. The quantitative estimate of drug-likeness (QED) is 0.815. The first-order chi connectivity index (χ1) is 7.37. The number of carbonyl (C=O) groups is 1. The molecule has 0 spiro atoms. The fraction of sp³-hybridized carbons (Fsp3) is 0.364. The molecule has 1 rings (SSSR count). The summed E-state index contributed by atoms with van der Waals surface area (Å²) >= 11 is 0. The van der Waals surface area contributed by atoms with E-state index in [0.29, 0.717) is 11.3 Å². The normalized spacial score (nSPS) is 11.2. The van der Waals surface area contributed by atoms with Gasteiger partial charge in [0, 0.05) is 12.6 Å². The van der Waals surface area contributed by atoms with Crippen LogP contribution in [0.15, 0.2) is 24.3 Å². The van der Waals surface area contributed by atoms with Gasteiger partial charge in [0.05, 0.1) is 13.0 Å². The Kier molecular flexibility index (Phi) is 3.82. The van der Waals surface area contributed by atoms with Crippen LogP contribution in [0, 0.1) is 0 Å². The van der Waals surface area contributed by atoms with Crippen molar-refractivity contribution in [1.82, 2.24) is 0 Å². The molecule has 16 heavy (non-hydrogen) atoms. The summed E-state index contributed by atoms with van der Waals surface area (Å²) in [4.78, 5) is 10.4. The molecule has 2 N–H and O–H groups in total. The lowest BCUT2D eigenvalue weighted by atomic mass is 10.1. The van der Waals surface area contributed by atoms with Gasteiger partial charge in [0.2, 0.25) is 0 Å². The molecular weight excluding hydrogens is 216 g/mol. The predicted octanol–water partition coefficient (Wildman–Crippen LogP) is 2.38. The fourth-order valence-electron chi connectivity index (χ4n) is 1.17. The number of hydrogen-bond donors (Lipinski definition) is 2. The molecule has 0 bridgehead atoms. The maximum absolute atomic E-state index is 12.5. The smallest absolute Gasteiger partial charge is 0.307 e. The number of aliphatic carboxylic acids is 1. The molecule has 1 aromatic rings. The van der Waals surface area contributed by atoms with Crippen molar-refractivity contribution in [2.24, 2.45) is 0 Å². The van der Waals surface area contributed by atoms with E-state index in [1.54, 1.807) is 24.3 Å². The average molecular weight is 229 g/mol. The topological polar surface area (TPSA) is 49.3 Å². The van der Waals surface area contributed by atoms with Crippen molar-refractivity contribution in [3.8, 4) is 0 Å². The first-order valence-electron chi connectivity index (χ1n) is 4.79. The van der Waals surface area contributed by atoms with Crippen LogP contribution in [0.3, 0.4) is 0 Å². The third-order valence-electron chi connectivity index (χ3n) is 1.91. The molecule has 88 valence electrons. The molecule has 0 unspecified atom stereocenters. The molecule has 5 heteroatoms. The van der Waals surface area contributed by atoms with E-state index in [2.05, 4.69) is 5.32 Å². The Labute approximate surface area is 92.1 Å². The van der Waals surface area contributed by atoms with Crippen LogP contribution in [-0.2, 0) is 11.2 Å². The van der Waals surface area contributed by atoms with Gasteiger partial charge in [0.15, 0.2) is 0 Å². The Bertz CT molecular complexity index is 357. The summed E-state index contributed by atoms with van der Waals surface area (Å²) < 4.78 is 25.0. The molecule has 0 radical (unpaired) electrons. The van der Waals surface area contributed by atoms with Crippen molar-refractivity contribution in [2.75, 3.05) is 11.9 Å². The van der Waals surface area contributed by atoms with Gasteiger partial charge in [-0.1, -0.05) is 12.1 Å². The van der Waals surface area contributed by atoms with Gasteiger partial charge < -0.3 is 10.4 Å². The van der Waals surface area contributed by atoms with Gasteiger partial charge in [-0.2, -0.15) is 0 Å². The van der Waals surface area contributed by atoms with Gasteiger partial charge in [-0.25, -0.2) is 8.78 Å². The molecule has 0 aliphatic heterocycles. The Morgan fingerprint density at radius 3 is 2.38 bits per heavy atom. The average Bonchev–Trinajstić information content (AvgIpc) is 2.14. The molecular formula is C11H13F2NO2. The Morgan fingerprint density at radius 2 is 1.94 bits per heavy atom. The summed E-state index contributed by atoms with van der Waals surface area (Å²) in [6, 6.07) is 6.38. The summed E-state index contributed by atoms with van der Waals surface area (Å²) in [5.74, 6) is -3.68. The molecule has 0 heterocycles. The Hall–Kier alpha value is -1.65. The number of anilines is 1. The van der Waals surface area contributed by atoms with Gasteiger partial charge in [0.1, 0.15) is 0 Å². The van der Waals surface area contributed by atoms with Crippen molar-refractivity contribution in [1.29, 1.82) is 0 Å². The number of nitrogens with one attached hydrogen (secondary N) is 1. The van der Waals surface area contributed by atoms with Crippen LogP contribution in [0.5, 0.6) is 0 Å². The molecule has 0 saturated heterocycles. The molecule has 0 aliphatic carbocycles. The third-order valence-corrected chi connectivity index (χ3v) is 1.91. The van der Waals surface area contributed by atoms with Crippen LogP contribution < -0.4 is 5.32 Å². The summed E-state index contributed by atoms with van der Waals surface area (Å²) in [6.07, 6.45) is -0.0653. The molecule has 0 aliphatic rings. The first kappa shape index (κ1) is 12.4. The Morgan fingerprint density at radius 1 is 1.38 bits per heavy atom. The molecule has 1 aromatic carbocycles. The summed E-state index contributed by atoms with van der Waals surface area (Å²) in [5, 5.41) is 11.1. The summed E-state index contributed by atoms with van der Waals surface area (Å²) in [5.41, 5.74) is 1.19. The lowest BCUT2D eigenvalue weighted by molar-refractivity contribution is -0.136. The highest BCUT2D eigenvalue weighted by Gasteiger charge is 2.19. The highest BCUT2D eigenvalue weighted by atomic mass is 19.3. The maximum Gasteiger partial charge on any atom is 0.307 e. The Balaban J connectivity index is 2.55. The van der Waals surface area contributed by atoms with Crippen molar-refractivity contribution < 1.29 is 18.7 Å². The van der Waals surface area contributed by atoms with Crippen molar-refractivity contribution in [2.45, 2.75) is 19.3 Å². The molecule has 0 saturated carbocycles. The van der Waals surface area contributed by atoms with Crippen LogP contribution in [0.25, 0.3) is 0 Å². The summed E-state index contributed by atoms with van der Waals surface area (Å²) in [6.45, 7) is 0.393. The van der Waals surface area contributed by atoms with E-state index in [9.17, 15) is 13.6 Å². The van der Waals surface area contributed by atoms with Crippen molar-refractivity contribution in [3.63, 3.8) is 0 Å². The van der Waals surface area contributed by atoms with Crippen LogP contribution in [-0.4, -0.2) is 23.5 Å². The number of carboxylic acids is 1. The summed E-state index contributed by atoms with van der Waals surface area (Å²) in [7, 11) is 0. The van der Waals surface area contributed by atoms with Gasteiger partial charge in [-0.15, -0.1) is 0 Å². The number of rotatable bonds is 5. The van der Waals surface area contributed by atoms with E-state index >= 15 is 0 Å². The minimum atomic E-state index is -2.76. The molecule has 0 aromatic heterocycles. The highest BCUT2D eigenvalue weighted by Crippen LogP contribution is 2.15. The van der Waals surface area contributed by atoms with E-state index < -0.39 is 18.4 Å². The first-order valence-corrected chi connectivity index (χ1v) is 4.79. The third kappa shape index (κ3) is 4.72. The number of hydrogen-bond acceptors (Lipinski definition) is 2. The monoisotopic (exact) mass is 229 g/mol. The van der Waals surface area contributed by atoms with Gasteiger partial charge in [-0.3, -0.25) is 4.79 Å². The second kappa shape index (κ2) is 4.92. The highest BCUT2D eigenvalue weighted by molar-refractivity contribution is 5.70. The van der Waals surface area contributed by atoms with Crippen LogP contribution in [0.1, 0.15) is 12.5 Å². The fourth-order valence-corrected chi connectivity index (χ4v) is 1.17. The molecule has 0 amide bonds. The molecule has 0 fully saturated rings. The van der Waals surface area contributed by atoms with Crippen LogP contribution in [0.2, 0.25) is 0 Å². The van der Waals surface area contributed by atoms with Crippen molar-refractivity contribution >= 4 is 11.7 Å². The molecule has 0 atom stereocenters. The number of halogens is 2. The van der Waals surface area contributed by atoms with Crippen LogP contribution >= 0.6 is 0 Å². The number of carboxylic acid groups (broad SMARTS) is 1. The number of benzene rings is 1. The van der Waals surface area contributed by atoms with Crippen molar-refractivity contribution in [3.05, 3.63) is 29.8 Å². The van der Waals surface area contributed by atoms with E-state index in [0.717, 1.165) is 6.92 Å². The largest absolute Gasteiger partial charge is 0.481 e. The van der Waals surface area contributed by atoms with E-state index in [4.69, 9.17) is 5.11 Å². The lowest BCUT2D eigenvalue weighted by Crippen LogP contribution is -2.22. The van der Waals surface area contributed by atoms with Gasteiger partial charge in [0.25, 0.3) is 5.92 Å². The van der Waals surface area contributed by atoms with E-state index in [1.807, 2.05) is 0 Å². The zero-order valence-electron chi connectivity index (χ0n) is 8.84. The second-order valence-electron chi connectivity index (χ2n) is 3.69. The predicted molar refractivity (Wildman–Crippen MR) is 56.9 cm³/mol. The van der Waals surface area contributed by atoms with Gasteiger partial charge >= 0.3 is 5.97 Å².